The molecule has 0 aliphatic heterocycles. The molecule has 0 aliphatic carbocycles. The smallest absolute Gasteiger partial charge is 0.309 e. The van der Waals surface area contributed by atoms with Crippen molar-refractivity contribution in [2.24, 2.45) is 5.41 Å². The third-order valence-corrected chi connectivity index (χ3v) is 2.35. The largest absolute Gasteiger partial charge is 0.505 e. The number of hydrogen-bond acceptors (Lipinski definition) is 2. The number of hydrogen-bond donors (Lipinski definition) is 2. The van der Waals surface area contributed by atoms with Crippen LogP contribution in [0.15, 0.2) is 12.1 Å². The number of phenols is 1. The summed E-state index contributed by atoms with van der Waals surface area (Å²) in [5.74, 6) is -4.43. The molecule has 1 aromatic rings. The van der Waals surface area contributed by atoms with Crippen molar-refractivity contribution >= 4 is 5.97 Å². The Morgan fingerprint density at radius 1 is 1.31 bits per heavy atom. The van der Waals surface area contributed by atoms with E-state index < -0.39 is 28.8 Å². The normalized spacial score (nSPS) is 11.5. The predicted molar refractivity (Wildman–Crippen MR) is 53.1 cm³/mol. The molecule has 1 rings (SSSR count). The van der Waals surface area contributed by atoms with Crippen molar-refractivity contribution in [3.63, 3.8) is 0 Å². The lowest BCUT2D eigenvalue weighted by atomic mass is 9.85. The summed E-state index contributed by atoms with van der Waals surface area (Å²) in [4.78, 5) is 10.8. The van der Waals surface area contributed by atoms with Gasteiger partial charge in [-0.1, -0.05) is 6.07 Å². The summed E-state index contributed by atoms with van der Waals surface area (Å²) < 4.78 is 26.3. The average molecular weight is 230 g/mol. The van der Waals surface area contributed by atoms with Gasteiger partial charge in [-0.25, -0.2) is 4.39 Å². The van der Waals surface area contributed by atoms with Gasteiger partial charge in [0.2, 0.25) is 5.82 Å². The minimum atomic E-state index is -1.35. The van der Waals surface area contributed by atoms with Crippen molar-refractivity contribution in [1.29, 1.82) is 0 Å². The SMILES string of the molecule is CC(C)(Cc1ccc(O)c(F)c1F)C(=O)O. The lowest BCUT2D eigenvalue weighted by Gasteiger charge is -2.19. The van der Waals surface area contributed by atoms with Gasteiger partial charge in [-0.2, -0.15) is 4.39 Å². The fourth-order valence-electron chi connectivity index (χ4n) is 1.27. The van der Waals surface area contributed by atoms with Crippen LogP contribution >= 0.6 is 0 Å². The Morgan fingerprint density at radius 3 is 2.38 bits per heavy atom. The first-order valence-corrected chi connectivity index (χ1v) is 4.65. The fraction of sp³-hybridized carbons (Fsp3) is 0.364. The molecule has 3 nitrogen and oxygen atoms in total. The maximum absolute atomic E-state index is 13.3. The highest BCUT2D eigenvalue weighted by Gasteiger charge is 2.29. The van der Waals surface area contributed by atoms with Gasteiger partial charge >= 0.3 is 5.97 Å². The predicted octanol–water partition coefficient (Wildman–Crippen LogP) is 2.32. The fourth-order valence-corrected chi connectivity index (χ4v) is 1.27. The summed E-state index contributed by atoms with van der Waals surface area (Å²) in [6, 6.07) is 2.18. The van der Waals surface area contributed by atoms with E-state index in [1.807, 2.05) is 0 Å². The highest BCUT2D eigenvalue weighted by Crippen LogP contribution is 2.27. The van der Waals surface area contributed by atoms with Crippen LogP contribution in [0.4, 0.5) is 8.78 Å². The number of phenolic OH excluding ortho intramolecular Hbond substituents is 1. The maximum Gasteiger partial charge on any atom is 0.309 e. The van der Waals surface area contributed by atoms with Crippen LogP contribution in [0.2, 0.25) is 0 Å². The highest BCUT2D eigenvalue weighted by atomic mass is 19.2. The second kappa shape index (κ2) is 4.08. The molecule has 0 aromatic heterocycles. The Balaban J connectivity index is 3.08. The third kappa shape index (κ3) is 2.29. The van der Waals surface area contributed by atoms with Gasteiger partial charge in [0.25, 0.3) is 0 Å². The summed E-state index contributed by atoms with van der Waals surface area (Å²) >= 11 is 0. The van der Waals surface area contributed by atoms with Crippen LogP contribution in [0.25, 0.3) is 0 Å². The number of aromatic hydroxyl groups is 1. The van der Waals surface area contributed by atoms with E-state index in [1.165, 1.54) is 19.9 Å². The van der Waals surface area contributed by atoms with E-state index in [2.05, 4.69) is 0 Å². The number of carboxylic acids is 1. The Labute approximate surface area is 91.3 Å². The summed E-state index contributed by atoms with van der Waals surface area (Å²) in [6.45, 7) is 2.83. The first-order chi connectivity index (χ1) is 7.25. The standard InChI is InChI=1S/C11H12F2O3/c1-11(2,10(15)16)5-6-3-4-7(14)9(13)8(6)12/h3-4,14H,5H2,1-2H3,(H,15,16). The molecular weight excluding hydrogens is 218 g/mol. The van der Waals surface area contributed by atoms with Crippen molar-refractivity contribution in [2.75, 3.05) is 0 Å². The number of halogens is 2. The van der Waals surface area contributed by atoms with Gasteiger partial charge in [0.15, 0.2) is 11.6 Å². The van der Waals surface area contributed by atoms with Crippen molar-refractivity contribution in [3.05, 3.63) is 29.3 Å². The molecule has 2 N–H and O–H groups in total. The van der Waals surface area contributed by atoms with Crippen LogP contribution in [0.1, 0.15) is 19.4 Å². The summed E-state index contributed by atoms with van der Waals surface area (Å²) in [5, 5.41) is 17.8. The molecule has 0 bridgehead atoms. The lowest BCUT2D eigenvalue weighted by Crippen LogP contribution is -2.26. The molecule has 0 saturated heterocycles. The number of aliphatic carboxylic acids is 1. The van der Waals surface area contributed by atoms with Crippen LogP contribution in [-0.4, -0.2) is 16.2 Å². The van der Waals surface area contributed by atoms with Gasteiger partial charge < -0.3 is 10.2 Å². The molecule has 0 saturated carbocycles. The van der Waals surface area contributed by atoms with Gasteiger partial charge in [0.05, 0.1) is 5.41 Å². The van der Waals surface area contributed by atoms with Crippen molar-refractivity contribution in [3.8, 4) is 5.75 Å². The zero-order valence-corrected chi connectivity index (χ0v) is 8.92. The van der Waals surface area contributed by atoms with E-state index in [9.17, 15) is 13.6 Å². The van der Waals surface area contributed by atoms with E-state index >= 15 is 0 Å². The Bertz CT molecular complexity index is 427. The Kier molecular flexibility index (Phi) is 3.16. The van der Waals surface area contributed by atoms with Crippen LogP contribution in [0.5, 0.6) is 5.75 Å². The first-order valence-electron chi connectivity index (χ1n) is 4.65. The second-order valence-electron chi connectivity index (χ2n) is 4.24. The molecule has 0 atom stereocenters. The minimum Gasteiger partial charge on any atom is -0.505 e. The number of benzene rings is 1. The molecule has 88 valence electrons. The van der Waals surface area contributed by atoms with Gasteiger partial charge in [0, 0.05) is 0 Å². The van der Waals surface area contributed by atoms with E-state index in [0.717, 1.165) is 6.07 Å². The number of carboxylic acid groups (broad SMARTS) is 1. The topological polar surface area (TPSA) is 57.5 Å². The van der Waals surface area contributed by atoms with Crippen LogP contribution in [-0.2, 0) is 11.2 Å². The van der Waals surface area contributed by atoms with E-state index in [4.69, 9.17) is 10.2 Å². The van der Waals surface area contributed by atoms with Crippen molar-refractivity contribution in [2.45, 2.75) is 20.3 Å². The van der Waals surface area contributed by atoms with E-state index in [1.54, 1.807) is 0 Å². The molecule has 5 heteroatoms. The summed E-state index contributed by atoms with van der Waals surface area (Å²) in [5.41, 5.74) is -1.26. The molecule has 0 heterocycles. The molecule has 16 heavy (non-hydrogen) atoms. The van der Waals surface area contributed by atoms with E-state index in [0.29, 0.717) is 0 Å². The van der Waals surface area contributed by atoms with Gasteiger partial charge in [0.1, 0.15) is 0 Å². The number of rotatable bonds is 3. The first kappa shape index (κ1) is 12.4. The average Bonchev–Trinajstić information content (AvgIpc) is 2.19. The summed E-state index contributed by atoms with van der Waals surface area (Å²) in [6.07, 6.45) is -0.147. The van der Waals surface area contributed by atoms with Crippen molar-refractivity contribution in [1.82, 2.24) is 0 Å². The third-order valence-electron chi connectivity index (χ3n) is 2.35. The Hall–Kier alpha value is -1.65. The maximum atomic E-state index is 13.3. The van der Waals surface area contributed by atoms with Crippen LogP contribution in [0.3, 0.4) is 0 Å². The van der Waals surface area contributed by atoms with Gasteiger partial charge in [-0.05, 0) is 31.9 Å². The van der Waals surface area contributed by atoms with Gasteiger partial charge in [-0.15, -0.1) is 0 Å². The zero-order chi connectivity index (χ0) is 12.5. The van der Waals surface area contributed by atoms with E-state index in [-0.39, 0.29) is 12.0 Å². The molecule has 0 aliphatic rings. The molecular formula is C11H12F2O3. The summed E-state index contributed by atoms with van der Waals surface area (Å²) in [7, 11) is 0. The Morgan fingerprint density at radius 2 is 1.88 bits per heavy atom. The van der Waals surface area contributed by atoms with Crippen LogP contribution in [0, 0.1) is 17.0 Å². The molecule has 0 radical (unpaired) electrons. The second-order valence-corrected chi connectivity index (χ2v) is 4.24. The number of carbonyl (C=O) groups is 1. The lowest BCUT2D eigenvalue weighted by molar-refractivity contribution is -0.146. The minimum absolute atomic E-state index is 0.0669. The quantitative estimate of drug-likeness (QED) is 0.837. The zero-order valence-electron chi connectivity index (χ0n) is 8.92. The van der Waals surface area contributed by atoms with Crippen LogP contribution < -0.4 is 0 Å². The molecule has 0 fully saturated rings. The van der Waals surface area contributed by atoms with Crippen molar-refractivity contribution < 1.29 is 23.8 Å². The van der Waals surface area contributed by atoms with Gasteiger partial charge in [-0.3, -0.25) is 4.79 Å². The molecule has 0 unspecified atom stereocenters. The monoisotopic (exact) mass is 230 g/mol. The molecule has 1 aromatic carbocycles. The highest BCUT2D eigenvalue weighted by molar-refractivity contribution is 5.74. The molecule has 0 spiro atoms. The molecule has 0 amide bonds.